The Morgan fingerprint density at radius 1 is 0.293 bits per heavy atom. The maximum Gasteiger partial charge on any atom is 0.0619 e. The van der Waals surface area contributed by atoms with Crippen LogP contribution in [0.4, 0.5) is 17.1 Å². The van der Waals surface area contributed by atoms with Gasteiger partial charge >= 0.3 is 0 Å². The Bertz CT molecular complexity index is 3250. The highest BCUT2D eigenvalue weighted by atomic mass is 15.1. The zero-order valence-electron chi connectivity index (χ0n) is 31.8. The Morgan fingerprint density at radius 3 is 1.57 bits per heavy atom. The first-order valence-corrected chi connectivity index (χ1v) is 19.9. The predicted octanol–water partition coefficient (Wildman–Crippen LogP) is 15.6. The van der Waals surface area contributed by atoms with Crippen LogP contribution in [0.25, 0.3) is 82.4 Å². The van der Waals surface area contributed by atoms with Gasteiger partial charge in [0.25, 0.3) is 0 Å². The molecule has 1 heterocycles. The molecule has 0 aliphatic heterocycles. The average Bonchev–Trinajstić information content (AvgIpc) is 3.64. The highest BCUT2D eigenvalue weighted by Crippen LogP contribution is 2.44. The van der Waals surface area contributed by atoms with Crippen molar-refractivity contribution in [1.29, 1.82) is 0 Å². The molecule has 0 aliphatic rings. The van der Waals surface area contributed by atoms with Gasteiger partial charge in [-0.2, -0.15) is 0 Å². The fraction of sp³-hybridized carbons (Fsp3) is 0. The summed E-state index contributed by atoms with van der Waals surface area (Å²) in [7, 11) is 0. The first kappa shape index (κ1) is 33.6. The van der Waals surface area contributed by atoms with Gasteiger partial charge in [-0.25, -0.2) is 0 Å². The molecule has 2 heteroatoms. The number of nitrogens with zero attached hydrogens (tertiary/aromatic N) is 2. The van der Waals surface area contributed by atoms with E-state index < -0.39 is 0 Å². The number of para-hydroxylation sites is 4. The summed E-state index contributed by atoms with van der Waals surface area (Å²) in [6, 6.07) is 83.6. The predicted molar refractivity (Wildman–Crippen MR) is 247 cm³/mol. The lowest BCUT2D eigenvalue weighted by molar-refractivity contribution is 1.18. The molecule has 0 N–H and O–H groups in total. The lowest BCUT2D eigenvalue weighted by atomic mass is 9.92. The summed E-state index contributed by atoms with van der Waals surface area (Å²) in [5, 5.41) is 7.53. The van der Waals surface area contributed by atoms with Crippen LogP contribution in [0.2, 0.25) is 0 Å². The van der Waals surface area contributed by atoms with Crippen molar-refractivity contribution in [3.63, 3.8) is 0 Å². The van der Waals surface area contributed by atoms with Gasteiger partial charge in [-0.05, 0) is 98.4 Å². The standard InChI is InChI=1S/C56H38N2/c1-3-16-39(17-4-1)40-30-34-44(35-31-40)57(43-19-5-2-6-20-43)45-36-32-41(33-37-45)47-22-11-13-28-54(47)58-55-29-14-12-25-50(55)51-26-15-27-52(56(51)58)53-38-42-18-7-8-21-46(42)48-23-9-10-24-49(48)53/h1-38H. The molecule has 11 rings (SSSR count). The van der Waals surface area contributed by atoms with Crippen LogP contribution >= 0.6 is 0 Å². The Hall–Kier alpha value is -7.68. The van der Waals surface area contributed by atoms with E-state index in [2.05, 4.69) is 240 Å². The Labute approximate surface area is 338 Å². The van der Waals surface area contributed by atoms with Gasteiger partial charge in [0.2, 0.25) is 0 Å². The molecular weight excluding hydrogens is 701 g/mol. The van der Waals surface area contributed by atoms with Crippen LogP contribution in [0.3, 0.4) is 0 Å². The van der Waals surface area contributed by atoms with E-state index in [0.717, 1.165) is 28.3 Å². The topological polar surface area (TPSA) is 8.17 Å². The molecule has 0 amide bonds. The second-order valence-corrected chi connectivity index (χ2v) is 14.9. The van der Waals surface area contributed by atoms with Gasteiger partial charge in [0.15, 0.2) is 0 Å². The molecule has 10 aromatic carbocycles. The molecule has 0 atom stereocenters. The summed E-state index contributed by atoms with van der Waals surface area (Å²) in [6.07, 6.45) is 0. The van der Waals surface area contributed by atoms with Gasteiger partial charge in [0, 0.05) is 39.0 Å². The summed E-state index contributed by atoms with van der Waals surface area (Å²) in [6.45, 7) is 0. The minimum Gasteiger partial charge on any atom is -0.311 e. The van der Waals surface area contributed by atoms with Gasteiger partial charge in [0.1, 0.15) is 0 Å². The van der Waals surface area contributed by atoms with Crippen LogP contribution < -0.4 is 4.90 Å². The van der Waals surface area contributed by atoms with E-state index >= 15 is 0 Å². The van der Waals surface area contributed by atoms with Crippen molar-refractivity contribution >= 4 is 60.4 Å². The first-order chi connectivity index (χ1) is 28.8. The largest absolute Gasteiger partial charge is 0.311 e. The average molecular weight is 739 g/mol. The summed E-state index contributed by atoms with van der Waals surface area (Å²) in [5.74, 6) is 0. The van der Waals surface area contributed by atoms with E-state index in [4.69, 9.17) is 0 Å². The fourth-order valence-corrected chi connectivity index (χ4v) is 8.92. The van der Waals surface area contributed by atoms with Crippen molar-refractivity contribution in [2.45, 2.75) is 0 Å². The van der Waals surface area contributed by atoms with Crippen molar-refractivity contribution in [1.82, 2.24) is 4.57 Å². The molecule has 0 bridgehead atoms. The van der Waals surface area contributed by atoms with Gasteiger partial charge in [0.05, 0.1) is 16.7 Å². The van der Waals surface area contributed by atoms with Crippen LogP contribution in [-0.2, 0) is 0 Å². The lowest BCUT2D eigenvalue weighted by Crippen LogP contribution is -2.09. The maximum absolute atomic E-state index is 2.50. The zero-order chi connectivity index (χ0) is 38.4. The molecule has 0 unspecified atom stereocenters. The van der Waals surface area contributed by atoms with Crippen molar-refractivity contribution in [2.75, 3.05) is 4.90 Å². The number of hydrogen-bond donors (Lipinski definition) is 0. The second-order valence-electron chi connectivity index (χ2n) is 14.9. The molecule has 0 saturated carbocycles. The van der Waals surface area contributed by atoms with Gasteiger partial charge in [-0.15, -0.1) is 0 Å². The molecule has 11 aromatic rings. The smallest absolute Gasteiger partial charge is 0.0619 e. The van der Waals surface area contributed by atoms with Crippen molar-refractivity contribution in [3.8, 4) is 39.1 Å². The number of aromatic nitrogens is 1. The molecule has 58 heavy (non-hydrogen) atoms. The molecule has 1 aromatic heterocycles. The van der Waals surface area contributed by atoms with Crippen molar-refractivity contribution < 1.29 is 0 Å². The Balaban J connectivity index is 1.07. The fourth-order valence-electron chi connectivity index (χ4n) is 8.92. The number of hydrogen-bond acceptors (Lipinski definition) is 1. The Morgan fingerprint density at radius 2 is 0.810 bits per heavy atom. The van der Waals surface area contributed by atoms with Gasteiger partial charge < -0.3 is 9.47 Å². The van der Waals surface area contributed by atoms with E-state index in [-0.39, 0.29) is 0 Å². The third-order valence-electron chi connectivity index (χ3n) is 11.6. The van der Waals surface area contributed by atoms with Gasteiger partial charge in [-0.3, -0.25) is 0 Å². The summed E-state index contributed by atoms with van der Waals surface area (Å²) in [5.41, 5.74) is 14.1. The van der Waals surface area contributed by atoms with Crippen LogP contribution in [0.1, 0.15) is 0 Å². The highest BCUT2D eigenvalue weighted by molar-refractivity contribution is 6.19. The molecule has 272 valence electrons. The quantitative estimate of drug-likeness (QED) is 0.148. The minimum absolute atomic E-state index is 1.10. The molecular formula is C56H38N2. The lowest BCUT2D eigenvalue weighted by Gasteiger charge is -2.26. The van der Waals surface area contributed by atoms with E-state index in [0.29, 0.717) is 0 Å². The van der Waals surface area contributed by atoms with E-state index in [9.17, 15) is 0 Å². The molecule has 0 fully saturated rings. The van der Waals surface area contributed by atoms with Crippen molar-refractivity contribution in [2.24, 2.45) is 0 Å². The number of fused-ring (bicyclic) bond motifs is 6. The summed E-state index contributed by atoms with van der Waals surface area (Å²) < 4.78 is 2.50. The van der Waals surface area contributed by atoms with E-state index in [1.54, 1.807) is 0 Å². The summed E-state index contributed by atoms with van der Waals surface area (Å²) >= 11 is 0. The van der Waals surface area contributed by atoms with Crippen LogP contribution in [0, 0.1) is 0 Å². The normalized spacial score (nSPS) is 11.4. The number of rotatable bonds is 7. The second kappa shape index (κ2) is 14.1. The van der Waals surface area contributed by atoms with Crippen LogP contribution in [0.5, 0.6) is 0 Å². The third-order valence-corrected chi connectivity index (χ3v) is 11.6. The first-order valence-electron chi connectivity index (χ1n) is 19.9. The van der Waals surface area contributed by atoms with E-state index in [1.165, 1.54) is 71.2 Å². The van der Waals surface area contributed by atoms with Crippen LogP contribution in [-0.4, -0.2) is 4.57 Å². The minimum atomic E-state index is 1.10. The highest BCUT2D eigenvalue weighted by Gasteiger charge is 2.21. The molecule has 2 nitrogen and oxygen atoms in total. The van der Waals surface area contributed by atoms with E-state index in [1.807, 2.05) is 0 Å². The molecule has 0 aliphatic carbocycles. The van der Waals surface area contributed by atoms with Crippen molar-refractivity contribution in [3.05, 3.63) is 231 Å². The zero-order valence-corrected chi connectivity index (χ0v) is 31.8. The number of anilines is 3. The maximum atomic E-state index is 2.50. The Kier molecular flexibility index (Phi) is 8.19. The van der Waals surface area contributed by atoms with Crippen LogP contribution in [0.15, 0.2) is 231 Å². The third kappa shape index (κ3) is 5.66. The molecule has 0 spiro atoms. The number of benzene rings is 10. The van der Waals surface area contributed by atoms with Gasteiger partial charge in [-0.1, -0.05) is 176 Å². The molecule has 0 saturated heterocycles. The molecule has 0 radical (unpaired) electrons. The monoisotopic (exact) mass is 738 g/mol. The SMILES string of the molecule is c1ccc(-c2ccc(N(c3ccccc3)c3ccc(-c4ccccc4-n4c5ccccc5c5cccc(-c6cc7ccccc7c7ccccc67)c54)cc3)cc2)cc1. The summed E-state index contributed by atoms with van der Waals surface area (Å²) in [4.78, 5) is 2.33.